The highest BCUT2D eigenvalue weighted by Crippen LogP contribution is 2.25. The summed E-state index contributed by atoms with van der Waals surface area (Å²) in [4.78, 5) is 4.80. The third-order valence-corrected chi connectivity index (χ3v) is 7.03. The van der Waals surface area contributed by atoms with Crippen molar-refractivity contribution in [2.24, 2.45) is 0 Å². The molecule has 1 aromatic heterocycles. The van der Waals surface area contributed by atoms with Crippen molar-refractivity contribution in [1.82, 2.24) is 9.62 Å². The summed E-state index contributed by atoms with van der Waals surface area (Å²) in [5, 5.41) is 0.499. The van der Waals surface area contributed by atoms with Crippen LogP contribution in [0.1, 0.15) is 11.8 Å². The van der Waals surface area contributed by atoms with E-state index in [4.69, 9.17) is 16.0 Å². The first kappa shape index (κ1) is 20.9. The predicted octanol–water partition coefficient (Wildman–Crippen LogP) is 3.77. The second kappa shape index (κ2) is 9.22. The lowest BCUT2D eigenvalue weighted by Crippen LogP contribution is -2.49. The van der Waals surface area contributed by atoms with Gasteiger partial charge < -0.3 is 9.32 Å². The van der Waals surface area contributed by atoms with E-state index < -0.39 is 10.0 Å². The van der Waals surface area contributed by atoms with Crippen molar-refractivity contribution in [3.8, 4) is 0 Å². The molecule has 0 aliphatic carbocycles. The molecule has 158 valence electrons. The molecule has 0 spiro atoms. The summed E-state index contributed by atoms with van der Waals surface area (Å²) in [6.07, 6.45) is 1.62. The van der Waals surface area contributed by atoms with E-state index in [2.05, 4.69) is 26.7 Å². The number of para-hydroxylation sites is 1. The number of sulfonamides is 1. The monoisotopic (exact) mass is 445 g/mol. The lowest BCUT2D eigenvalue weighted by Gasteiger charge is -2.39. The summed E-state index contributed by atoms with van der Waals surface area (Å²) in [6.45, 7) is 3.58. The van der Waals surface area contributed by atoms with Crippen molar-refractivity contribution >= 4 is 27.3 Å². The highest BCUT2D eigenvalue weighted by molar-refractivity contribution is 7.89. The molecule has 8 heteroatoms. The van der Waals surface area contributed by atoms with Gasteiger partial charge >= 0.3 is 0 Å². The molecular weight excluding hydrogens is 422 g/mol. The van der Waals surface area contributed by atoms with Crippen molar-refractivity contribution < 1.29 is 12.8 Å². The molecule has 1 saturated heterocycles. The second-order valence-electron chi connectivity index (χ2n) is 7.20. The number of halogens is 1. The number of rotatable bonds is 7. The minimum Gasteiger partial charge on any atom is -0.468 e. The van der Waals surface area contributed by atoms with Gasteiger partial charge in [0.2, 0.25) is 10.0 Å². The lowest BCUT2D eigenvalue weighted by atomic mass is 10.1. The Kier molecular flexibility index (Phi) is 6.43. The molecule has 1 aliphatic rings. The Morgan fingerprint density at radius 3 is 2.27 bits per heavy atom. The largest absolute Gasteiger partial charge is 0.468 e. The first-order valence-electron chi connectivity index (χ1n) is 9.85. The predicted molar refractivity (Wildman–Crippen MR) is 118 cm³/mol. The van der Waals surface area contributed by atoms with E-state index in [9.17, 15) is 8.42 Å². The average Bonchev–Trinajstić information content (AvgIpc) is 3.30. The minimum absolute atomic E-state index is 0.181. The van der Waals surface area contributed by atoms with Crippen LogP contribution in [0.3, 0.4) is 0 Å². The highest BCUT2D eigenvalue weighted by Gasteiger charge is 2.28. The van der Waals surface area contributed by atoms with Crippen LogP contribution < -0.4 is 9.62 Å². The summed E-state index contributed by atoms with van der Waals surface area (Å²) in [5.74, 6) is 0.752. The molecule has 2 heterocycles. The van der Waals surface area contributed by atoms with E-state index in [0.29, 0.717) is 5.02 Å². The Morgan fingerprint density at radius 1 is 0.933 bits per heavy atom. The number of furan rings is 1. The maximum absolute atomic E-state index is 12.7. The molecule has 0 saturated carbocycles. The van der Waals surface area contributed by atoms with Crippen molar-refractivity contribution in [2.45, 2.75) is 10.9 Å². The van der Waals surface area contributed by atoms with Gasteiger partial charge in [0, 0.05) is 43.4 Å². The highest BCUT2D eigenvalue weighted by atomic mass is 35.5. The van der Waals surface area contributed by atoms with Crippen LogP contribution in [0, 0.1) is 0 Å². The van der Waals surface area contributed by atoms with Crippen molar-refractivity contribution in [3.05, 3.63) is 83.8 Å². The second-order valence-corrected chi connectivity index (χ2v) is 9.40. The average molecular weight is 446 g/mol. The van der Waals surface area contributed by atoms with Gasteiger partial charge in [-0.2, -0.15) is 0 Å². The van der Waals surface area contributed by atoms with Gasteiger partial charge in [0.25, 0.3) is 0 Å². The number of hydrogen-bond acceptors (Lipinski definition) is 5. The number of anilines is 1. The van der Waals surface area contributed by atoms with Crippen LogP contribution in [0.5, 0.6) is 0 Å². The molecule has 0 radical (unpaired) electrons. The Hall–Kier alpha value is -2.32. The van der Waals surface area contributed by atoms with E-state index in [1.54, 1.807) is 18.4 Å². The van der Waals surface area contributed by atoms with Crippen molar-refractivity contribution in [1.29, 1.82) is 0 Å². The van der Waals surface area contributed by atoms with Gasteiger partial charge in [0.05, 0.1) is 17.2 Å². The SMILES string of the molecule is O=S(=O)(NC[C@@H](c1ccco1)N1CCN(c2ccccc2)CC1)c1ccc(Cl)cc1. The zero-order valence-electron chi connectivity index (χ0n) is 16.4. The van der Waals surface area contributed by atoms with Gasteiger partial charge in [-0.25, -0.2) is 13.1 Å². The number of benzene rings is 2. The van der Waals surface area contributed by atoms with Gasteiger partial charge in [0.1, 0.15) is 5.76 Å². The van der Waals surface area contributed by atoms with E-state index in [1.165, 1.54) is 17.8 Å². The fraction of sp³-hybridized carbons (Fsp3) is 0.273. The summed E-state index contributed by atoms with van der Waals surface area (Å²) in [5.41, 5.74) is 1.20. The molecule has 1 N–H and O–H groups in total. The van der Waals surface area contributed by atoms with E-state index in [0.717, 1.165) is 31.9 Å². The van der Waals surface area contributed by atoms with Gasteiger partial charge in [-0.05, 0) is 48.5 Å². The van der Waals surface area contributed by atoms with Gasteiger partial charge in [0.15, 0.2) is 0 Å². The maximum Gasteiger partial charge on any atom is 0.240 e. The summed E-state index contributed by atoms with van der Waals surface area (Å²) in [6, 6.07) is 20.0. The van der Waals surface area contributed by atoms with Gasteiger partial charge in [-0.3, -0.25) is 4.90 Å². The third kappa shape index (κ3) is 4.87. The van der Waals surface area contributed by atoms with Crippen molar-refractivity contribution in [2.75, 3.05) is 37.6 Å². The van der Waals surface area contributed by atoms with Crippen LogP contribution in [0.4, 0.5) is 5.69 Å². The van der Waals surface area contributed by atoms with Crippen LogP contribution in [0.25, 0.3) is 0 Å². The van der Waals surface area contributed by atoms with Crippen molar-refractivity contribution in [3.63, 3.8) is 0 Å². The molecule has 1 aliphatic heterocycles. The summed E-state index contributed by atoms with van der Waals surface area (Å²) in [7, 11) is -3.64. The number of piperazine rings is 1. The zero-order chi connectivity index (χ0) is 21.0. The Balaban J connectivity index is 1.45. The standard InChI is InChI=1S/C22H24ClN3O3S/c23-18-8-10-20(11-9-18)30(27,28)24-17-21(22-7-4-16-29-22)26-14-12-25(13-15-26)19-5-2-1-3-6-19/h1-11,16,21,24H,12-15,17H2/t21-/m0/s1. The molecule has 30 heavy (non-hydrogen) atoms. The van der Waals surface area contributed by atoms with Crippen LogP contribution >= 0.6 is 11.6 Å². The minimum atomic E-state index is -3.64. The lowest BCUT2D eigenvalue weighted by molar-refractivity contribution is 0.166. The molecule has 2 aromatic carbocycles. The number of nitrogens with zero attached hydrogens (tertiary/aromatic N) is 2. The molecule has 3 aromatic rings. The van der Waals surface area contributed by atoms with E-state index >= 15 is 0 Å². The van der Waals surface area contributed by atoms with Gasteiger partial charge in [-0.1, -0.05) is 29.8 Å². The maximum atomic E-state index is 12.7. The van der Waals surface area contributed by atoms with Crippen LogP contribution in [0.15, 0.2) is 82.3 Å². The first-order chi connectivity index (χ1) is 14.5. The Labute approximate surface area is 182 Å². The zero-order valence-corrected chi connectivity index (χ0v) is 18.0. The normalized spacial score (nSPS) is 16.5. The fourth-order valence-corrected chi connectivity index (χ4v) is 4.87. The van der Waals surface area contributed by atoms with E-state index in [-0.39, 0.29) is 17.5 Å². The first-order valence-corrected chi connectivity index (χ1v) is 11.7. The van der Waals surface area contributed by atoms with Crippen LogP contribution in [-0.4, -0.2) is 46.0 Å². The smallest absolute Gasteiger partial charge is 0.240 e. The molecule has 0 bridgehead atoms. The summed E-state index contributed by atoms with van der Waals surface area (Å²) < 4.78 is 33.8. The number of nitrogens with one attached hydrogen (secondary N) is 1. The molecule has 0 unspecified atom stereocenters. The molecule has 4 rings (SSSR count). The molecule has 1 fully saturated rings. The van der Waals surface area contributed by atoms with Crippen LogP contribution in [0.2, 0.25) is 5.02 Å². The van der Waals surface area contributed by atoms with Gasteiger partial charge in [-0.15, -0.1) is 0 Å². The summed E-state index contributed by atoms with van der Waals surface area (Å²) >= 11 is 5.88. The topological polar surface area (TPSA) is 65.8 Å². The quantitative estimate of drug-likeness (QED) is 0.599. The molecule has 1 atom stereocenters. The molecular formula is C22H24ClN3O3S. The number of hydrogen-bond donors (Lipinski definition) is 1. The Bertz CT molecular complexity index is 1030. The Morgan fingerprint density at radius 2 is 1.63 bits per heavy atom. The van der Waals surface area contributed by atoms with E-state index in [1.807, 2.05) is 30.3 Å². The molecule has 0 amide bonds. The fourth-order valence-electron chi connectivity index (χ4n) is 3.71. The molecule has 6 nitrogen and oxygen atoms in total. The van der Waals surface area contributed by atoms with Crippen LogP contribution in [-0.2, 0) is 10.0 Å². The third-order valence-electron chi connectivity index (χ3n) is 5.34.